The van der Waals surface area contributed by atoms with Crippen LogP contribution in [0.5, 0.6) is 0 Å². The number of piperazine rings is 1. The number of fused-ring (bicyclic) bond motifs is 1. The number of nitrogens with one attached hydrogen (secondary N) is 3. The Morgan fingerprint density at radius 3 is 2.58 bits per heavy atom. The Morgan fingerprint density at radius 2 is 1.80 bits per heavy atom. The number of benzene rings is 2. The standard InChI is InChI=1S/C28H31F2N9O/c1-37(2)10-4-5-25(40)32-18-6-8-22(29)20(15-18)26-21-17-31-36-27(21)35-28(34-26)33-19-7-9-23(30)24(16-19)39-13-11-38(3)12-14-39/h4-9,15-17H,10-14H2,1-3H3,(H,32,40)(H2,31,33,34,35,36)/b5-4+. The van der Waals surface area contributed by atoms with Gasteiger partial charge in [-0.25, -0.2) is 13.8 Å². The monoisotopic (exact) mass is 547 g/mol. The number of amides is 1. The minimum Gasteiger partial charge on any atom is -0.367 e. The number of nitrogens with zero attached hydrogens (tertiary/aromatic N) is 6. The number of rotatable bonds is 8. The molecule has 2 aromatic heterocycles. The zero-order chi connectivity index (χ0) is 28.2. The highest BCUT2D eigenvalue weighted by Gasteiger charge is 2.19. The van der Waals surface area contributed by atoms with Gasteiger partial charge in [-0.15, -0.1) is 0 Å². The van der Waals surface area contributed by atoms with E-state index >= 15 is 4.39 Å². The second kappa shape index (κ2) is 11.8. The molecule has 40 heavy (non-hydrogen) atoms. The number of carbonyl (C=O) groups excluding carboxylic acids is 1. The van der Waals surface area contributed by atoms with Gasteiger partial charge in [-0.2, -0.15) is 10.1 Å². The van der Waals surface area contributed by atoms with E-state index in [2.05, 4.69) is 35.7 Å². The summed E-state index contributed by atoms with van der Waals surface area (Å²) in [6.07, 6.45) is 4.69. The lowest BCUT2D eigenvalue weighted by atomic mass is 10.1. The largest absolute Gasteiger partial charge is 0.367 e. The first-order valence-electron chi connectivity index (χ1n) is 12.9. The van der Waals surface area contributed by atoms with E-state index in [-0.39, 0.29) is 23.2 Å². The number of H-pyrrole nitrogens is 1. The summed E-state index contributed by atoms with van der Waals surface area (Å²) in [6, 6.07) is 9.02. The second-order valence-electron chi connectivity index (χ2n) is 9.96. The summed E-state index contributed by atoms with van der Waals surface area (Å²) in [4.78, 5) is 27.6. The van der Waals surface area contributed by atoms with E-state index in [1.165, 1.54) is 36.5 Å². The van der Waals surface area contributed by atoms with Crippen molar-refractivity contribution >= 4 is 40.0 Å². The van der Waals surface area contributed by atoms with Gasteiger partial charge in [0.1, 0.15) is 11.6 Å². The number of aromatic amines is 1. The maximum absolute atomic E-state index is 15.1. The molecule has 1 amide bonds. The Hall–Kier alpha value is -4.42. The van der Waals surface area contributed by atoms with Crippen molar-refractivity contribution in [3.05, 3.63) is 66.4 Å². The van der Waals surface area contributed by atoms with E-state index in [0.29, 0.717) is 40.3 Å². The van der Waals surface area contributed by atoms with Crippen molar-refractivity contribution in [2.45, 2.75) is 0 Å². The van der Waals surface area contributed by atoms with E-state index < -0.39 is 5.82 Å². The van der Waals surface area contributed by atoms with Gasteiger partial charge in [0.2, 0.25) is 11.9 Å². The van der Waals surface area contributed by atoms with Crippen molar-refractivity contribution < 1.29 is 13.6 Å². The predicted octanol–water partition coefficient (Wildman–Crippen LogP) is 3.85. The first-order chi connectivity index (χ1) is 19.3. The third-order valence-electron chi connectivity index (χ3n) is 6.58. The van der Waals surface area contributed by atoms with Crippen LogP contribution in [0.15, 0.2) is 54.7 Å². The van der Waals surface area contributed by atoms with Gasteiger partial charge in [-0.3, -0.25) is 9.89 Å². The molecule has 4 aromatic rings. The molecule has 1 saturated heterocycles. The van der Waals surface area contributed by atoms with E-state index in [4.69, 9.17) is 0 Å². The Balaban J connectivity index is 1.44. The van der Waals surface area contributed by atoms with Crippen LogP contribution < -0.4 is 15.5 Å². The maximum atomic E-state index is 15.1. The SMILES string of the molecule is CN(C)C/C=C/C(=O)Nc1ccc(F)c(-c2nc(Nc3ccc(F)c(N4CCN(C)CC4)c3)nc3[nH]ncc23)c1. The summed E-state index contributed by atoms with van der Waals surface area (Å²) in [6.45, 7) is 3.74. The van der Waals surface area contributed by atoms with Crippen LogP contribution in [0.25, 0.3) is 22.3 Å². The van der Waals surface area contributed by atoms with Gasteiger partial charge in [-0.05, 0) is 57.5 Å². The van der Waals surface area contributed by atoms with Crippen LogP contribution in [0, 0.1) is 11.6 Å². The summed E-state index contributed by atoms with van der Waals surface area (Å²) >= 11 is 0. The number of halogens is 2. The molecule has 0 bridgehead atoms. The minimum absolute atomic E-state index is 0.171. The Morgan fingerprint density at radius 1 is 1.05 bits per heavy atom. The highest BCUT2D eigenvalue weighted by Crippen LogP contribution is 2.32. The molecule has 12 heteroatoms. The van der Waals surface area contributed by atoms with Crippen molar-refractivity contribution in [1.82, 2.24) is 30.0 Å². The molecule has 0 atom stereocenters. The Labute approximate surface area is 230 Å². The lowest BCUT2D eigenvalue weighted by molar-refractivity contribution is -0.111. The fourth-order valence-corrected chi connectivity index (χ4v) is 4.44. The Bertz CT molecular complexity index is 1540. The van der Waals surface area contributed by atoms with Gasteiger partial charge in [0, 0.05) is 55.7 Å². The maximum Gasteiger partial charge on any atom is 0.248 e. The molecule has 0 spiro atoms. The molecule has 1 aliphatic rings. The average molecular weight is 548 g/mol. The molecular formula is C28H31F2N9O. The van der Waals surface area contributed by atoms with Crippen LogP contribution >= 0.6 is 0 Å². The molecule has 0 saturated carbocycles. The Kier molecular flexibility index (Phi) is 7.99. The molecule has 0 radical (unpaired) electrons. The van der Waals surface area contributed by atoms with Crippen LogP contribution in [-0.4, -0.2) is 89.7 Å². The van der Waals surface area contributed by atoms with Crippen molar-refractivity contribution in [2.75, 3.05) is 69.4 Å². The molecule has 1 fully saturated rings. The van der Waals surface area contributed by atoms with Crippen LogP contribution in [0.1, 0.15) is 0 Å². The molecule has 0 aliphatic carbocycles. The molecular weight excluding hydrogens is 516 g/mol. The molecule has 208 valence electrons. The van der Waals surface area contributed by atoms with Crippen molar-refractivity contribution in [3.63, 3.8) is 0 Å². The normalized spacial score (nSPS) is 14.4. The first kappa shape index (κ1) is 27.2. The lowest BCUT2D eigenvalue weighted by Gasteiger charge is -2.34. The molecule has 3 N–H and O–H groups in total. The van der Waals surface area contributed by atoms with Crippen LogP contribution in [0.2, 0.25) is 0 Å². The zero-order valence-corrected chi connectivity index (χ0v) is 22.6. The summed E-state index contributed by atoms with van der Waals surface area (Å²) < 4.78 is 29.8. The van der Waals surface area contributed by atoms with E-state index in [1.54, 1.807) is 18.2 Å². The topological polar surface area (TPSA) is 105 Å². The third kappa shape index (κ3) is 6.24. The molecule has 5 rings (SSSR count). The van der Waals surface area contributed by atoms with E-state index in [1.807, 2.05) is 30.9 Å². The quantitative estimate of drug-likeness (QED) is 0.286. The van der Waals surface area contributed by atoms with Gasteiger partial charge in [0.25, 0.3) is 0 Å². The van der Waals surface area contributed by atoms with Crippen molar-refractivity contribution in [2.24, 2.45) is 0 Å². The van der Waals surface area contributed by atoms with E-state index in [0.717, 1.165) is 26.2 Å². The zero-order valence-electron chi connectivity index (χ0n) is 22.6. The summed E-state index contributed by atoms with van der Waals surface area (Å²) in [7, 11) is 5.85. The summed E-state index contributed by atoms with van der Waals surface area (Å²) in [5, 5.41) is 13.3. The van der Waals surface area contributed by atoms with Crippen LogP contribution in [-0.2, 0) is 4.79 Å². The number of anilines is 4. The smallest absolute Gasteiger partial charge is 0.248 e. The van der Waals surface area contributed by atoms with Crippen LogP contribution in [0.4, 0.5) is 31.8 Å². The first-order valence-corrected chi connectivity index (χ1v) is 12.9. The van der Waals surface area contributed by atoms with Gasteiger partial charge in [-0.1, -0.05) is 6.08 Å². The fraction of sp³-hybridized carbons (Fsp3) is 0.286. The number of carbonyl (C=O) groups is 1. The van der Waals surface area contributed by atoms with Gasteiger partial charge in [0.05, 0.1) is 23.0 Å². The van der Waals surface area contributed by atoms with Gasteiger partial charge >= 0.3 is 0 Å². The highest BCUT2D eigenvalue weighted by atomic mass is 19.1. The number of aromatic nitrogens is 4. The second-order valence-corrected chi connectivity index (χ2v) is 9.96. The minimum atomic E-state index is -0.521. The molecule has 2 aromatic carbocycles. The number of hydrogen-bond donors (Lipinski definition) is 3. The summed E-state index contributed by atoms with van der Waals surface area (Å²) in [5.74, 6) is -0.973. The molecule has 3 heterocycles. The number of hydrogen-bond acceptors (Lipinski definition) is 8. The highest BCUT2D eigenvalue weighted by molar-refractivity contribution is 6.00. The summed E-state index contributed by atoms with van der Waals surface area (Å²) in [5.41, 5.74) is 2.36. The van der Waals surface area contributed by atoms with Gasteiger partial charge in [0.15, 0.2) is 5.65 Å². The molecule has 1 aliphatic heterocycles. The molecule has 0 unspecified atom stereocenters. The fourth-order valence-electron chi connectivity index (χ4n) is 4.44. The van der Waals surface area contributed by atoms with Crippen molar-refractivity contribution in [1.29, 1.82) is 0 Å². The van der Waals surface area contributed by atoms with Gasteiger partial charge < -0.3 is 25.3 Å². The van der Waals surface area contributed by atoms with Crippen LogP contribution in [0.3, 0.4) is 0 Å². The molecule has 10 nitrogen and oxygen atoms in total. The third-order valence-corrected chi connectivity index (χ3v) is 6.58. The predicted molar refractivity (Wildman–Crippen MR) is 153 cm³/mol. The van der Waals surface area contributed by atoms with Crippen molar-refractivity contribution in [3.8, 4) is 11.3 Å². The average Bonchev–Trinajstić information content (AvgIpc) is 3.40. The lowest BCUT2D eigenvalue weighted by Crippen LogP contribution is -2.44. The number of likely N-dealkylation sites (N-methyl/N-ethyl adjacent to an activating group) is 2. The van der Waals surface area contributed by atoms with E-state index in [9.17, 15) is 9.18 Å².